The Bertz CT molecular complexity index is 550. The normalized spacial score (nSPS) is 17.7. The molecule has 1 unspecified atom stereocenters. The van der Waals surface area contributed by atoms with Crippen molar-refractivity contribution in [2.24, 2.45) is 5.92 Å². The number of carbonyl (C=O) groups excluding carboxylic acids is 2. The standard InChI is InChI=1S/C14H15F2NO4/c1-20-14(19)9-4-5-17(7-9)13(18)8-21-12-3-2-10(15)6-11(12)16/h2-3,6,9H,4-5,7-8H2,1H3. The van der Waals surface area contributed by atoms with Gasteiger partial charge in [0, 0.05) is 19.2 Å². The highest BCUT2D eigenvalue weighted by atomic mass is 19.1. The molecule has 1 heterocycles. The van der Waals surface area contributed by atoms with Crippen LogP contribution >= 0.6 is 0 Å². The van der Waals surface area contributed by atoms with Crippen LogP contribution in [0.4, 0.5) is 8.78 Å². The van der Waals surface area contributed by atoms with E-state index in [0.29, 0.717) is 19.0 Å². The first-order valence-electron chi connectivity index (χ1n) is 6.44. The summed E-state index contributed by atoms with van der Waals surface area (Å²) in [6.07, 6.45) is 0.531. The van der Waals surface area contributed by atoms with Gasteiger partial charge in [-0.25, -0.2) is 8.78 Å². The third-order valence-corrected chi connectivity index (χ3v) is 3.32. The number of hydrogen-bond donors (Lipinski definition) is 0. The molecule has 1 saturated heterocycles. The number of halogens is 2. The lowest BCUT2D eigenvalue weighted by Gasteiger charge is -2.16. The van der Waals surface area contributed by atoms with Gasteiger partial charge in [0.05, 0.1) is 13.0 Å². The van der Waals surface area contributed by atoms with Gasteiger partial charge in [0.25, 0.3) is 5.91 Å². The van der Waals surface area contributed by atoms with Crippen LogP contribution < -0.4 is 4.74 Å². The summed E-state index contributed by atoms with van der Waals surface area (Å²) in [7, 11) is 1.30. The van der Waals surface area contributed by atoms with Gasteiger partial charge in [-0.3, -0.25) is 9.59 Å². The van der Waals surface area contributed by atoms with E-state index in [1.54, 1.807) is 0 Å². The Balaban J connectivity index is 1.87. The molecular weight excluding hydrogens is 284 g/mol. The highest BCUT2D eigenvalue weighted by Gasteiger charge is 2.31. The van der Waals surface area contributed by atoms with Crippen LogP contribution in [-0.4, -0.2) is 43.6 Å². The lowest BCUT2D eigenvalue weighted by atomic mass is 10.1. The Labute approximate surface area is 120 Å². The molecule has 1 aromatic carbocycles. The molecule has 0 aliphatic carbocycles. The van der Waals surface area contributed by atoms with Crippen LogP contribution in [0.15, 0.2) is 18.2 Å². The maximum atomic E-state index is 13.3. The van der Waals surface area contributed by atoms with Gasteiger partial charge in [-0.05, 0) is 18.6 Å². The molecule has 0 radical (unpaired) electrons. The minimum absolute atomic E-state index is 0.187. The van der Waals surface area contributed by atoms with E-state index in [9.17, 15) is 18.4 Å². The molecule has 5 nitrogen and oxygen atoms in total. The number of nitrogens with zero attached hydrogens (tertiary/aromatic N) is 1. The van der Waals surface area contributed by atoms with E-state index in [-0.39, 0.29) is 36.7 Å². The maximum absolute atomic E-state index is 13.3. The topological polar surface area (TPSA) is 55.8 Å². The fourth-order valence-corrected chi connectivity index (χ4v) is 2.17. The number of ether oxygens (including phenoxy) is 2. The number of methoxy groups -OCH3 is 1. The predicted octanol–water partition coefficient (Wildman–Crippen LogP) is 1.37. The van der Waals surface area contributed by atoms with Crippen molar-refractivity contribution in [1.82, 2.24) is 4.90 Å². The van der Waals surface area contributed by atoms with Crippen molar-refractivity contribution in [3.63, 3.8) is 0 Å². The first-order chi connectivity index (χ1) is 10.0. The number of esters is 1. The molecule has 2 rings (SSSR count). The Kier molecular flexibility index (Phi) is 4.72. The van der Waals surface area contributed by atoms with Gasteiger partial charge in [0.2, 0.25) is 0 Å². The van der Waals surface area contributed by atoms with Gasteiger partial charge in [-0.1, -0.05) is 0 Å². The summed E-state index contributed by atoms with van der Waals surface area (Å²) in [5.74, 6) is -2.81. The van der Waals surface area contributed by atoms with Crippen LogP contribution in [0, 0.1) is 17.6 Å². The largest absolute Gasteiger partial charge is 0.481 e. The van der Waals surface area contributed by atoms with Gasteiger partial charge in [-0.2, -0.15) is 0 Å². The second kappa shape index (κ2) is 6.51. The summed E-state index contributed by atoms with van der Waals surface area (Å²) in [5, 5.41) is 0. The van der Waals surface area contributed by atoms with E-state index >= 15 is 0 Å². The van der Waals surface area contributed by atoms with E-state index in [1.807, 2.05) is 0 Å². The summed E-state index contributed by atoms with van der Waals surface area (Å²) in [6.45, 7) is 0.324. The molecule has 0 bridgehead atoms. The molecule has 21 heavy (non-hydrogen) atoms. The van der Waals surface area contributed by atoms with Crippen LogP contribution in [0.25, 0.3) is 0 Å². The van der Waals surface area contributed by atoms with Crippen LogP contribution in [0.2, 0.25) is 0 Å². The van der Waals surface area contributed by atoms with Crippen molar-refractivity contribution < 1.29 is 27.8 Å². The summed E-state index contributed by atoms with van der Waals surface area (Å²) in [4.78, 5) is 24.7. The Morgan fingerprint density at radius 3 is 2.81 bits per heavy atom. The molecule has 1 aliphatic heterocycles. The van der Waals surface area contributed by atoms with Gasteiger partial charge >= 0.3 is 5.97 Å². The highest BCUT2D eigenvalue weighted by molar-refractivity contribution is 5.80. The lowest BCUT2D eigenvalue weighted by Crippen LogP contribution is -2.34. The molecular formula is C14H15F2NO4. The number of hydrogen-bond acceptors (Lipinski definition) is 4. The van der Waals surface area contributed by atoms with Crippen molar-refractivity contribution in [3.8, 4) is 5.75 Å². The molecule has 1 aliphatic rings. The second-order valence-corrected chi connectivity index (χ2v) is 4.71. The summed E-state index contributed by atoms with van der Waals surface area (Å²) in [5.41, 5.74) is 0. The van der Waals surface area contributed by atoms with E-state index in [2.05, 4.69) is 4.74 Å². The number of carbonyl (C=O) groups is 2. The van der Waals surface area contributed by atoms with E-state index in [0.717, 1.165) is 12.1 Å². The predicted molar refractivity (Wildman–Crippen MR) is 68.6 cm³/mol. The zero-order valence-electron chi connectivity index (χ0n) is 11.5. The molecule has 1 fully saturated rings. The Hall–Kier alpha value is -2.18. The molecule has 0 saturated carbocycles. The van der Waals surface area contributed by atoms with Gasteiger partial charge in [-0.15, -0.1) is 0 Å². The van der Waals surface area contributed by atoms with Crippen molar-refractivity contribution in [3.05, 3.63) is 29.8 Å². The van der Waals surface area contributed by atoms with E-state index < -0.39 is 11.6 Å². The average molecular weight is 299 g/mol. The Morgan fingerprint density at radius 1 is 1.38 bits per heavy atom. The third-order valence-electron chi connectivity index (χ3n) is 3.32. The zero-order chi connectivity index (χ0) is 15.4. The molecule has 114 valence electrons. The average Bonchev–Trinajstić information content (AvgIpc) is 2.95. The monoisotopic (exact) mass is 299 g/mol. The van der Waals surface area contributed by atoms with Gasteiger partial charge in [0.15, 0.2) is 18.2 Å². The molecule has 1 aromatic rings. The maximum Gasteiger partial charge on any atom is 0.310 e. The first kappa shape index (κ1) is 15.2. The molecule has 1 amide bonds. The van der Waals surface area contributed by atoms with Crippen LogP contribution in [0.5, 0.6) is 5.75 Å². The number of amides is 1. The SMILES string of the molecule is COC(=O)C1CCN(C(=O)COc2ccc(F)cc2F)C1. The van der Waals surface area contributed by atoms with Crippen LogP contribution in [0.1, 0.15) is 6.42 Å². The molecule has 7 heteroatoms. The highest BCUT2D eigenvalue weighted by Crippen LogP contribution is 2.20. The summed E-state index contributed by atoms with van der Waals surface area (Å²) < 4.78 is 35.7. The quantitative estimate of drug-likeness (QED) is 0.788. The summed E-state index contributed by atoms with van der Waals surface area (Å²) in [6, 6.07) is 2.86. The van der Waals surface area contributed by atoms with Crippen molar-refractivity contribution in [1.29, 1.82) is 0 Å². The molecule has 0 spiro atoms. The molecule has 0 aromatic heterocycles. The van der Waals surface area contributed by atoms with Crippen LogP contribution in [0.3, 0.4) is 0 Å². The third kappa shape index (κ3) is 3.68. The number of rotatable bonds is 4. The number of benzene rings is 1. The lowest BCUT2D eigenvalue weighted by molar-refractivity contribution is -0.145. The second-order valence-electron chi connectivity index (χ2n) is 4.71. The Morgan fingerprint density at radius 2 is 2.14 bits per heavy atom. The fourth-order valence-electron chi connectivity index (χ4n) is 2.17. The number of likely N-dealkylation sites (tertiary alicyclic amines) is 1. The van der Waals surface area contributed by atoms with Crippen LogP contribution in [-0.2, 0) is 14.3 Å². The van der Waals surface area contributed by atoms with Crippen molar-refractivity contribution >= 4 is 11.9 Å². The van der Waals surface area contributed by atoms with Gasteiger partial charge < -0.3 is 14.4 Å². The summed E-state index contributed by atoms with van der Waals surface area (Å²) >= 11 is 0. The molecule has 0 N–H and O–H groups in total. The van der Waals surface area contributed by atoms with Gasteiger partial charge in [0.1, 0.15) is 5.82 Å². The van der Waals surface area contributed by atoms with Crippen molar-refractivity contribution in [2.75, 3.05) is 26.8 Å². The fraction of sp³-hybridized carbons (Fsp3) is 0.429. The first-order valence-corrected chi connectivity index (χ1v) is 6.44. The zero-order valence-corrected chi connectivity index (χ0v) is 11.5. The molecule has 1 atom stereocenters. The minimum atomic E-state index is -0.864. The smallest absolute Gasteiger partial charge is 0.310 e. The van der Waals surface area contributed by atoms with Crippen molar-refractivity contribution in [2.45, 2.75) is 6.42 Å². The van der Waals surface area contributed by atoms with E-state index in [1.165, 1.54) is 12.0 Å². The minimum Gasteiger partial charge on any atom is -0.481 e. The van der Waals surface area contributed by atoms with E-state index in [4.69, 9.17) is 4.74 Å².